The molecule has 1 aromatic carbocycles. The van der Waals surface area contributed by atoms with Gasteiger partial charge in [-0.3, -0.25) is 4.90 Å². The van der Waals surface area contributed by atoms with Crippen LogP contribution in [0.25, 0.3) is 0 Å². The normalized spacial score (nSPS) is 23.2. The van der Waals surface area contributed by atoms with E-state index in [4.69, 9.17) is 15.2 Å². The van der Waals surface area contributed by atoms with Crippen LogP contribution in [0, 0.1) is 0 Å². The van der Waals surface area contributed by atoms with E-state index in [9.17, 15) is 0 Å². The van der Waals surface area contributed by atoms with Gasteiger partial charge in [0, 0.05) is 24.7 Å². The third-order valence-corrected chi connectivity index (χ3v) is 3.51. The predicted octanol–water partition coefficient (Wildman–Crippen LogP) is 0.903. The van der Waals surface area contributed by atoms with Crippen molar-refractivity contribution in [1.29, 1.82) is 0 Å². The van der Waals surface area contributed by atoms with Gasteiger partial charge in [-0.2, -0.15) is 0 Å². The van der Waals surface area contributed by atoms with E-state index in [2.05, 4.69) is 18.0 Å². The van der Waals surface area contributed by atoms with Crippen molar-refractivity contribution >= 4 is 0 Å². The Balaban J connectivity index is 2.11. The summed E-state index contributed by atoms with van der Waals surface area (Å²) >= 11 is 0. The van der Waals surface area contributed by atoms with E-state index in [-0.39, 0.29) is 0 Å². The van der Waals surface area contributed by atoms with Crippen LogP contribution in [-0.4, -0.2) is 31.8 Å². The van der Waals surface area contributed by atoms with Gasteiger partial charge in [0.2, 0.25) is 6.79 Å². The molecule has 0 amide bonds. The molecule has 3 rings (SSSR count). The molecule has 0 saturated carbocycles. The number of nitrogens with two attached hydrogens (primary N) is 1. The zero-order valence-corrected chi connectivity index (χ0v) is 9.40. The topological polar surface area (TPSA) is 47.7 Å². The Morgan fingerprint density at radius 1 is 1.44 bits per heavy atom. The van der Waals surface area contributed by atoms with Crippen LogP contribution in [0.15, 0.2) is 12.1 Å². The van der Waals surface area contributed by atoms with Crippen molar-refractivity contribution in [1.82, 2.24) is 4.90 Å². The van der Waals surface area contributed by atoms with Crippen molar-refractivity contribution < 1.29 is 9.47 Å². The molecule has 4 heteroatoms. The Morgan fingerprint density at radius 2 is 2.31 bits per heavy atom. The van der Waals surface area contributed by atoms with E-state index in [1.165, 1.54) is 11.1 Å². The largest absolute Gasteiger partial charge is 0.454 e. The smallest absolute Gasteiger partial charge is 0.231 e. The number of hydrogen-bond donors (Lipinski definition) is 1. The molecule has 1 aromatic rings. The fraction of sp³-hybridized carbons (Fsp3) is 0.500. The molecule has 0 fully saturated rings. The lowest BCUT2D eigenvalue weighted by atomic mass is 9.92. The van der Waals surface area contributed by atoms with Crippen LogP contribution >= 0.6 is 0 Å². The number of benzene rings is 1. The highest BCUT2D eigenvalue weighted by molar-refractivity contribution is 5.54. The lowest BCUT2D eigenvalue weighted by Gasteiger charge is -2.34. The molecule has 1 atom stereocenters. The van der Waals surface area contributed by atoms with Crippen molar-refractivity contribution in [3.63, 3.8) is 0 Å². The average molecular weight is 220 g/mol. The summed E-state index contributed by atoms with van der Waals surface area (Å²) in [6.07, 6.45) is 1.01. The van der Waals surface area contributed by atoms with Crippen LogP contribution in [0.5, 0.6) is 11.5 Å². The van der Waals surface area contributed by atoms with Crippen molar-refractivity contribution in [3.05, 3.63) is 23.3 Å². The minimum absolute atomic E-state index is 0.304. The van der Waals surface area contributed by atoms with Crippen molar-refractivity contribution in [2.24, 2.45) is 5.73 Å². The molecule has 0 radical (unpaired) electrons. The first kappa shape index (κ1) is 9.93. The van der Waals surface area contributed by atoms with Crippen LogP contribution in [-0.2, 0) is 6.42 Å². The molecule has 0 bridgehead atoms. The first-order chi connectivity index (χ1) is 7.81. The number of fused-ring (bicyclic) bond motifs is 3. The zero-order valence-electron chi connectivity index (χ0n) is 9.40. The minimum atomic E-state index is 0.304. The monoisotopic (exact) mass is 220 g/mol. The molecular formula is C12H16N2O2. The Hall–Kier alpha value is -1.26. The highest BCUT2D eigenvalue weighted by Gasteiger charge is 2.29. The molecule has 0 aromatic heterocycles. The second-order valence-electron chi connectivity index (χ2n) is 4.35. The predicted molar refractivity (Wildman–Crippen MR) is 60.7 cm³/mol. The van der Waals surface area contributed by atoms with Gasteiger partial charge in [-0.15, -0.1) is 0 Å². The van der Waals surface area contributed by atoms with Gasteiger partial charge in [0.15, 0.2) is 11.5 Å². The van der Waals surface area contributed by atoms with Crippen molar-refractivity contribution in [2.45, 2.75) is 12.5 Å². The summed E-state index contributed by atoms with van der Waals surface area (Å²) in [5.74, 6) is 1.81. The van der Waals surface area contributed by atoms with Gasteiger partial charge in [0.25, 0.3) is 0 Å². The fourth-order valence-corrected chi connectivity index (χ4v) is 2.60. The first-order valence-corrected chi connectivity index (χ1v) is 5.63. The molecule has 86 valence electrons. The maximum atomic E-state index is 5.84. The summed E-state index contributed by atoms with van der Waals surface area (Å²) in [5.41, 5.74) is 8.41. The van der Waals surface area contributed by atoms with Gasteiger partial charge in [-0.1, -0.05) is 6.07 Å². The lowest BCUT2D eigenvalue weighted by Crippen LogP contribution is -2.36. The van der Waals surface area contributed by atoms with Gasteiger partial charge < -0.3 is 15.2 Å². The van der Waals surface area contributed by atoms with E-state index < -0.39 is 0 Å². The lowest BCUT2D eigenvalue weighted by molar-refractivity contribution is 0.171. The SMILES string of the molecule is CN1CCc2c(ccc3c2OCO3)C1CN. The molecule has 4 nitrogen and oxygen atoms in total. The highest BCUT2D eigenvalue weighted by Crippen LogP contribution is 2.42. The van der Waals surface area contributed by atoms with Crippen LogP contribution < -0.4 is 15.2 Å². The number of rotatable bonds is 1. The number of likely N-dealkylation sites (N-methyl/N-ethyl adjacent to an activating group) is 1. The van der Waals surface area contributed by atoms with Crippen LogP contribution in [0.4, 0.5) is 0 Å². The van der Waals surface area contributed by atoms with Gasteiger partial charge >= 0.3 is 0 Å². The Bertz CT molecular complexity index is 420. The van der Waals surface area contributed by atoms with Gasteiger partial charge in [-0.05, 0) is 25.1 Å². The minimum Gasteiger partial charge on any atom is -0.454 e. The van der Waals surface area contributed by atoms with Crippen molar-refractivity contribution in [3.8, 4) is 11.5 Å². The Morgan fingerprint density at radius 3 is 3.12 bits per heavy atom. The number of ether oxygens (including phenoxy) is 2. The molecule has 0 saturated heterocycles. The average Bonchev–Trinajstić information content (AvgIpc) is 2.76. The molecular weight excluding hydrogens is 204 g/mol. The maximum absolute atomic E-state index is 5.84. The van der Waals surface area contributed by atoms with Crippen LogP contribution in [0.2, 0.25) is 0 Å². The van der Waals surface area contributed by atoms with E-state index in [0.29, 0.717) is 19.4 Å². The standard InChI is InChI=1S/C12H16N2O2/c1-14-5-4-9-8(10(14)6-13)2-3-11-12(9)16-7-15-11/h2-3,10H,4-7,13H2,1H3. The Labute approximate surface area is 94.9 Å². The summed E-state index contributed by atoms with van der Waals surface area (Å²) < 4.78 is 10.9. The summed E-state index contributed by atoms with van der Waals surface area (Å²) in [6.45, 7) is 2.01. The van der Waals surface area contributed by atoms with E-state index in [0.717, 1.165) is 24.5 Å². The van der Waals surface area contributed by atoms with Crippen molar-refractivity contribution in [2.75, 3.05) is 26.9 Å². The maximum Gasteiger partial charge on any atom is 0.231 e. The fourth-order valence-electron chi connectivity index (χ4n) is 2.60. The second kappa shape index (κ2) is 3.64. The number of hydrogen-bond acceptors (Lipinski definition) is 4. The molecule has 0 aliphatic carbocycles. The van der Waals surface area contributed by atoms with Crippen LogP contribution in [0.3, 0.4) is 0 Å². The number of nitrogens with zero attached hydrogens (tertiary/aromatic N) is 1. The van der Waals surface area contributed by atoms with E-state index in [1.807, 2.05) is 6.07 Å². The molecule has 0 spiro atoms. The summed E-state index contributed by atoms with van der Waals surface area (Å²) in [6, 6.07) is 4.41. The van der Waals surface area contributed by atoms with E-state index >= 15 is 0 Å². The summed E-state index contributed by atoms with van der Waals surface area (Å²) in [4.78, 5) is 2.30. The van der Waals surface area contributed by atoms with Gasteiger partial charge in [0.05, 0.1) is 0 Å². The molecule has 16 heavy (non-hydrogen) atoms. The van der Waals surface area contributed by atoms with Gasteiger partial charge in [-0.25, -0.2) is 0 Å². The summed E-state index contributed by atoms with van der Waals surface area (Å²) in [7, 11) is 2.12. The summed E-state index contributed by atoms with van der Waals surface area (Å²) in [5, 5.41) is 0. The molecule has 2 aliphatic heterocycles. The van der Waals surface area contributed by atoms with Crippen LogP contribution in [0.1, 0.15) is 17.2 Å². The molecule has 2 aliphatic rings. The third-order valence-electron chi connectivity index (χ3n) is 3.51. The Kier molecular flexibility index (Phi) is 2.26. The highest BCUT2D eigenvalue weighted by atomic mass is 16.7. The zero-order chi connectivity index (χ0) is 11.1. The molecule has 2 heterocycles. The van der Waals surface area contributed by atoms with E-state index in [1.54, 1.807) is 0 Å². The quantitative estimate of drug-likeness (QED) is 0.764. The second-order valence-corrected chi connectivity index (χ2v) is 4.35. The third kappa shape index (κ3) is 1.30. The molecule has 1 unspecified atom stereocenters. The van der Waals surface area contributed by atoms with Gasteiger partial charge in [0.1, 0.15) is 0 Å². The molecule has 2 N–H and O–H groups in total. The first-order valence-electron chi connectivity index (χ1n) is 5.63.